The van der Waals surface area contributed by atoms with E-state index in [2.05, 4.69) is 36.2 Å². The molecule has 1 unspecified atom stereocenters. The summed E-state index contributed by atoms with van der Waals surface area (Å²) in [4.78, 5) is 0. The van der Waals surface area contributed by atoms with Crippen LogP contribution in [-0.2, 0) is 27.4 Å². The maximum Gasteiger partial charge on any atom is 0.163 e. The Hall–Kier alpha value is -1.98. The van der Waals surface area contributed by atoms with E-state index in [0.29, 0.717) is 13.2 Å². The topological polar surface area (TPSA) is 39.7 Å². The van der Waals surface area contributed by atoms with Crippen LogP contribution in [0.15, 0.2) is 73.3 Å². The number of ether oxygens (including phenoxy) is 3. The average molecular weight is 367 g/mol. The minimum atomic E-state index is -0.638. The first-order valence-electron chi connectivity index (χ1n) is 9.44. The maximum absolute atomic E-state index is 6.17. The molecular formula is C23H29NO3. The highest BCUT2D eigenvalue weighted by Gasteiger charge is 2.44. The standard InChI is InChI=1S/C23H29NO3/c1-4-20(24-15-18-11-7-5-8-12-18)22-21(26-23(2,3)27-22)17-25-16-19-13-9-6-10-14-19/h4-14,20-22,24H,1,15-17H2,2-3H3/t20-,21?,22+/m0/s1. The van der Waals surface area contributed by atoms with Crippen LogP contribution in [0.1, 0.15) is 25.0 Å². The van der Waals surface area contributed by atoms with Gasteiger partial charge in [-0.05, 0) is 25.0 Å². The van der Waals surface area contributed by atoms with Gasteiger partial charge in [0.1, 0.15) is 12.2 Å². The fourth-order valence-electron chi connectivity index (χ4n) is 3.33. The lowest BCUT2D eigenvalue weighted by atomic mass is 10.1. The lowest BCUT2D eigenvalue weighted by Gasteiger charge is -2.25. The highest BCUT2D eigenvalue weighted by molar-refractivity contribution is 5.15. The van der Waals surface area contributed by atoms with Gasteiger partial charge in [-0.2, -0.15) is 0 Å². The molecule has 2 aromatic rings. The number of nitrogens with one attached hydrogen (secondary N) is 1. The summed E-state index contributed by atoms with van der Waals surface area (Å²) in [6.07, 6.45) is 1.58. The molecule has 0 saturated carbocycles. The number of hydrogen-bond acceptors (Lipinski definition) is 4. The summed E-state index contributed by atoms with van der Waals surface area (Å²) in [6, 6.07) is 20.4. The molecule has 0 radical (unpaired) electrons. The van der Waals surface area contributed by atoms with Gasteiger partial charge in [0.25, 0.3) is 0 Å². The van der Waals surface area contributed by atoms with Crippen LogP contribution in [0.4, 0.5) is 0 Å². The van der Waals surface area contributed by atoms with E-state index in [4.69, 9.17) is 14.2 Å². The van der Waals surface area contributed by atoms with Gasteiger partial charge in [-0.3, -0.25) is 0 Å². The molecule has 3 rings (SSSR count). The molecule has 1 fully saturated rings. The van der Waals surface area contributed by atoms with E-state index >= 15 is 0 Å². The average Bonchev–Trinajstić information content (AvgIpc) is 2.98. The Morgan fingerprint density at radius 1 is 1.04 bits per heavy atom. The summed E-state index contributed by atoms with van der Waals surface area (Å²) in [5, 5.41) is 3.52. The monoisotopic (exact) mass is 367 g/mol. The molecule has 4 heteroatoms. The first-order valence-corrected chi connectivity index (χ1v) is 9.44. The summed E-state index contributed by atoms with van der Waals surface area (Å²) in [5.41, 5.74) is 2.37. The van der Waals surface area contributed by atoms with Gasteiger partial charge in [-0.15, -0.1) is 6.58 Å². The van der Waals surface area contributed by atoms with Gasteiger partial charge in [0.15, 0.2) is 5.79 Å². The lowest BCUT2D eigenvalue weighted by molar-refractivity contribution is -0.152. The molecule has 144 valence electrons. The summed E-state index contributed by atoms with van der Waals surface area (Å²) in [7, 11) is 0. The number of rotatable bonds is 9. The second-order valence-electron chi connectivity index (χ2n) is 7.27. The fraction of sp³-hybridized carbons (Fsp3) is 0.391. The Morgan fingerprint density at radius 2 is 1.67 bits per heavy atom. The second-order valence-corrected chi connectivity index (χ2v) is 7.27. The third-order valence-corrected chi connectivity index (χ3v) is 4.61. The molecule has 1 aliphatic heterocycles. The van der Waals surface area contributed by atoms with Gasteiger partial charge in [0, 0.05) is 6.54 Å². The first-order chi connectivity index (χ1) is 13.1. The van der Waals surface area contributed by atoms with Crippen molar-refractivity contribution in [1.29, 1.82) is 0 Å². The summed E-state index contributed by atoms with van der Waals surface area (Å²) >= 11 is 0. The molecule has 1 N–H and O–H groups in total. The molecule has 0 amide bonds. The minimum Gasteiger partial charge on any atom is -0.374 e. The van der Waals surface area contributed by atoms with Crippen LogP contribution in [-0.4, -0.2) is 30.6 Å². The van der Waals surface area contributed by atoms with Gasteiger partial charge in [-0.1, -0.05) is 66.7 Å². The van der Waals surface area contributed by atoms with Gasteiger partial charge in [0.05, 0.1) is 19.3 Å². The molecule has 1 heterocycles. The van der Waals surface area contributed by atoms with E-state index in [1.807, 2.05) is 56.3 Å². The van der Waals surface area contributed by atoms with Crippen LogP contribution < -0.4 is 5.32 Å². The zero-order chi connectivity index (χ0) is 19.1. The minimum absolute atomic E-state index is 0.0303. The Balaban J connectivity index is 1.58. The SMILES string of the molecule is C=C[C@H](NCc1ccccc1)[C@H]1OC(C)(C)OC1COCc1ccccc1. The quantitative estimate of drug-likeness (QED) is 0.678. The van der Waals surface area contributed by atoms with E-state index in [1.165, 1.54) is 5.56 Å². The Bertz CT molecular complexity index is 702. The zero-order valence-corrected chi connectivity index (χ0v) is 16.1. The van der Waals surface area contributed by atoms with Crippen LogP contribution in [0.25, 0.3) is 0 Å². The van der Waals surface area contributed by atoms with Crippen molar-refractivity contribution in [3.63, 3.8) is 0 Å². The van der Waals surface area contributed by atoms with Crippen molar-refractivity contribution in [2.75, 3.05) is 6.61 Å². The van der Waals surface area contributed by atoms with E-state index in [0.717, 1.165) is 12.1 Å². The van der Waals surface area contributed by atoms with Crippen molar-refractivity contribution in [2.24, 2.45) is 0 Å². The molecular weight excluding hydrogens is 338 g/mol. The van der Waals surface area contributed by atoms with Crippen molar-refractivity contribution in [2.45, 2.75) is 51.0 Å². The molecule has 1 saturated heterocycles. The predicted molar refractivity (Wildman–Crippen MR) is 107 cm³/mol. The molecule has 1 aliphatic rings. The van der Waals surface area contributed by atoms with Crippen molar-refractivity contribution < 1.29 is 14.2 Å². The second kappa shape index (κ2) is 9.29. The molecule has 2 aromatic carbocycles. The Morgan fingerprint density at radius 3 is 2.30 bits per heavy atom. The van der Waals surface area contributed by atoms with Crippen LogP contribution in [0.2, 0.25) is 0 Å². The van der Waals surface area contributed by atoms with Gasteiger partial charge in [-0.25, -0.2) is 0 Å². The summed E-state index contributed by atoms with van der Waals surface area (Å²) in [6.45, 7) is 9.64. The molecule has 3 atom stereocenters. The largest absolute Gasteiger partial charge is 0.374 e. The normalized spacial score (nSPS) is 22.4. The highest BCUT2D eigenvalue weighted by Crippen LogP contribution is 2.30. The predicted octanol–water partition coefficient (Wildman–Crippen LogP) is 4.07. The molecule has 0 bridgehead atoms. The van der Waals surface area contributed by atoms with Crippen molar-refractivity contribution in [3.05, 3.63) is 84.4 Å². The van der Waals surface area contributed by atoms with Crippen LogP contribution in [0, 0.1) is 0 Å². The van der Waals surface area contributed by atoms with Crippen molar-refractivity contribution in [3.8, 4) is 0 Å². The van der Waals surface area contributed by atoms with Crippen LogP contribution >= 0.6 is 0 Å². The molecule has 0 spiro atoms. The molecule has 27 heavy (non-hydrogen) atoms. The molecule has 0 aliphatic carbocycles. The van der Waals surface area contributed by atoms with E-state index < -0.39 is 5.79 Å². The Kier molecular flexibility index (Phi) is 6.80. The van der Waals surface area contributed by atoms with E-state index in [1.54, 1.807) is 0 Å². The molecule has 4 nitrogen and oxygen atoms in total. The lowest BCUT2D eigenvalue weighted by Crippen LogP contribution is -2.45. The van der Waals surface area contributed by atoms with Crippen LogP contribution in [0.5, 0.6) is 0 Å². The zero-order valence-electron chi connectivity index (χ0n) is 16.1. The van der Waals surface area contributed by atoms with Crippen LogP contribution in [0.3, 0.4) is 0 Å². The number of hydrogen-bond donors (Lipinski definition) is 1. The van der Waals surface area contributed by atoms with Gasteiger partial charge in [0.2, 0.25) is 0 Å². The van der Waals surface area contributed by atoms with Crippen molar-refractivity contribution >= 4 is 0 Å². The summed E-state index contributed by atoms with van der Waals surface area (Å²) < 4.78 is 18.2. The fourth-order valence-corrected chi connectivity index (χ4v) is 3.33. The smallest absolute Gasteiger partial charge is 0.163 e. The number of benzene rings is 2. The Labute approximate surface area is 162 Å². The highest BCUT2D eigenvalue weighted by atomic mass is 16.8. The van der Waals surface area contributed by atoms with E-state index in [-0.39, 0.29) is 18.2 Å². The first kappa shape index (κ1) is 19.8. The summed E-state index contributed by atoms with van der Waals surface area (Å²) in [5.74, 6) is -0.638. The van der Waals surface area contributed by atoms with Gasteiger partial charge < -0.3 is 19.5 Å². The van der Waals surface area contributed by atoms with E-state index in [9.17, 15) is 0 Å². The van der Waals surface area contributed by atoms with Gasteiger partial charge >= 0.3 is 0 Å². The third kappa shape index (κ3) is 5.75. The molecule has 0 aromatic heterocycles. The van der Waals surface area contributed by atoms with Crippen molar-refractivity contribution in [1.82, 2.24) is 5.32 Å². The third-order valence-electron chi connectivity index (χ3n) is 4.61. The maximum atomic E-state index is 6.17.